The highest BCUT2D eigenvalue weighted by Gasteiger charge is 2.18. The molecule has 1 fully saturated rings. The molecular formula is C16H26N4. The molecule has 0 bridgehead atoms. The van der Waals surface area contributed by atoms with E-state index >= 15 is 0 Å². The fraction of sp³-hybridized carbons (Fsp3) is 0.625. The zero-order valence-corrected chi connectivity index (χ0v) is 12.5. The van der Waals surface area contributed by atoms with Gasteiger partial charge in [0.2, 0.25) is 0 Å². The van der Waals surface area contributed by atoms with E-state index in [-0.39, 0.29) is 0 Å². The van der Waals surface area contributed by atoms with Gasteiger partial charge >= 0.3 is 0 Å². The van der Waals surface area contributed by atoms with Crippen LogP contribution < -0.4 is 11.1 Å². The molecule has 4 nitrogen and oxygen atoms in total. The first-order valence-corrected chi connectivity index (χ1v) is 7.60. The lowest BCUT2D eigenvalue weighted by molar-refractivity contribution is 0.315. The highest BCUT2D eigenvalue weighted by atomic mass is 15.1. The average Bonchev–Trinajstić information content (AvgIpc) is 2.38. The molecule has 3 N–H and O–H groups in total. The van der Waals surface area contributed by atoms with Gasteiger partial charge in [-0.15, -0.1) is 0 Å². The summed E-state index contributed by atoms with van der Waals surface area (Å²) in [4.78, 5) is 8.71. The zero-order valence-electron chi connectivity index (χ0n) is 12.5. The topological polar surface area (TPSA) is 63.3 Å². The molecule has 0 aromatic carbocycles. The summed E-state index contributed by atoms with van der Waals surface area (Å²) in [6.45, 7) is 6.11. The summed E-state index contributed by atoms with van der Waals surface area (Å²) in [7, 11) is 0. The van der Waals surface area contributed by atoms with E-state index < -0.39 is 0 Å². The zero-order chi connectivity index (χ0) is 14.4. The second-order valence-corrected chi connectivity index (χ2v) is 6.04. The summed E-state index contributed by atoms with van der Waals surface area (Å²) in [5, 5.41) is 3.24. The molecule has 0 saturated heterocycles. The summed E-state index contributed by atoms with van der Waals surface area (Å²) >= 11 is 0. The summed E-state index contributed by atoms with van der Waals surface area (Å²) in [5.74, 6) is 2.25. The number of nitrogens with two attached hydrogens (primary N) is 1. The molecule has 110 valence electrons. The Morgan fingerprint density at radius 3 is 2.85 bits per heavy atom. The van der Waals surface area contributed by atoms with Crippen LogP contribution in [0.5, 0.6) is 0 Å². The highest BCUT2D eigenvalue weighted by molar-refractivity contribution is 5.77. The number of rotatable bonds is 6. The third kappa shape index (κ3) is 4.22. The number of pyridine rings is 1. The lowest BCUT2D eigenvalue weighted by Gasteiger charge is -2.25. The molecule has 0 amide bonds. The molecule has 2 rings (SSSR count). The van der Waals surface area contributed by atoms with E-state index in [0.717, 1.165) is 12.5 Å². The van der Waals surface area contributed by atoms with E-state index in [1.54, 1.807) is 6.20 Å². The van der Waals surface area contributed by atoms with Gasteiger partial charge in [-0.2, -0.15) is 0 Å². The van der Waals surface area contributed by atoms with Crippen LogP contribution in [-0.2, 0) is 0 Å². The van der Waals surface area contributed by atoms with Crippen molar-refractivity contribution in [3.05, 3.63) is 30.1 Å². The van der Waals surface area contributed by atoms with E-state index in [2.05, 4.69) is 35.2 Å². The smallest absolute Gasteiger partial charge is 0.188 e. The minimum absolute atomic E-state index is 0.368. The van der Waals surface area contributed by atoms with Crippen molar-refractivity contribution < 1.29 is 0 Å². The van der Waals surface area contributed by atoms with Gasteiger partial charge in [0, 0.05) is 31.4 Å². The number of hydrogen-bond acceptors (Lipinski definition) is 2. The van der Waals surface area contributed by atoms with Gasteiger partial charge in [0.05, 0.1) is 0 Å². The standard InChI is InChI=1S/C16H26N4/c1-12(2)15(14-7-4-8-18-10-14)11-20-16(17)19-9-13-5-3-6-13/h4,7-8,10,12-13,15H,3,5-6,9,11H2,1-2H3,(H3,17,19,20). The Balaban J connectivity index is 1.87. The number of hydrogen-bond donors (Lipinski definition) is 2. The molecule has 1 heterocycles. The molecule has 1 aromatic rings. The average molecular weight is 274 g/mol. The lowest BCUT2D eigenvalue weighted by atomic mass is 9.85. The normalized spacial score (nSPS) is 17.9. The van der Waals surface area contributed by atoms with Crippen molar-refractivity contribution in [1.29, 1.82) is 0 Å². The van der Waals surface area contributed by atoms with E-state index in [1.165, 1.54) is 24.8 Å². The number of aliphatic imine (C=N–C) groups is 1. The Morgan fingerprint density at radius 2 is 2.30 bits per heavy atom. The Hall–Kier alpha value is -1.58. The Bertz CT molecular complexity index is 423. The van der Waals surface area contributed by atoms with Crippen molar-refractivity contribution >= 4 is 5.96 Å². The van der Waals surface area contributed by atoms with E-state index in [4.69, 9.17) is 5.73 Å². The van der Waals surface area contributed by atoms with Crippen LogP contribution in [0.15, 0.2) is 29.5 Å². The van der Waals surface area contributed by atoms with Crippen molar-refractivity contribution in [2.45, 2.75) is 39.0 Å². The quantitative estimate of drug-likeness (QED) is 0.619. The van der Waals surface area contributed by atoms with Gasteiger partial charge in [0.1, 0.15) is 0 Å². The Labute approximate surface area is 121 Å². The Kier molecular flexibility index (Phi) is 5.39. The predicted octanol–water partition coefficient (Wildman–Crippen LogP) is 2.53. The first kappa shape index (κ1) is 14.8. The monoisotopic (exact) mass is 274 g/mol. The van der Waals surface area contributed by atoms with Gasteiger partial charge in [0.25, 0.3) is 0 Å². The van der Waals surface area contributed by atoms with Crippen LogP contribution >= 0.6 is 0 Å². The molecule has 0 aliphatic heterocycles. The molecule has 0 spiro atoms. The van der Waals surface area contributed by atoms with E-state index in [9.17, 15) is 0 Å². The van der Waals surface area contributed by atoms with Gasteiger partial charge in [-0.25, -0.2) is 0 Å². The highest BCUT2D eigenvalue weighted by Crippen LogP contribution is 2.25. The van der Waals surface area contributed by atoms with Gasteiger partial charge in [-0.05, 0) is 36.3 Å². The first-order valence-electron chi connectivity index (χ1n) is 7.60. The third-order valence-electron chi connectivity index (χ3n) is 4.17. The van der Waals surface area contributed by atoms with Gasteiger partial charge in [-0.3, -0.25) is 9.98 Å². The van der Waals surface area contributed by atoms with Crippen molar-refractivity contribution in [2.24, 2.45) is 22.6 Å². The lowest BCUT2D eigenvalue weighted by Crippen LogP contribution is -2.37. The molecule has 1 saturated carbocycles. The molecule has 4 heteroatoms. The van der Waals surface area contributed by atoms with Gasteiger partial charge < -0.3 is 11.1 Å². The first-order chi connectivity index (χ1) is 9.66. The van der Waals surface area contributed by atoms with Crippen molar-refractivity contribution in [3.63, 3.8) is 0 Å². The third-order valence-corrected chi connectivity index (χ3v) is 4.17. The number of nitrogens with one attached hydrogen (secondary N) is 1. The van der Waals surface area contributed by atoms with Crippen LogP contribution in [0, 0.1) is 11.8 Å². The van der Waals surface area contributed by atoms with Crippen LogP contribution in [0.1, 0.15) is 44.6 Å². The second-order valence-electron chi connectivity index (χ2n) is 6.04. The SMILES string of the molecule is CC(C)C(CN=C(N)NCC1CCC1)c1cccnc1. The van der Waals surface area contributed by atoms with Crippen molar-refractivity contribution in [1.82, 2.24) is 10.3 Å². The van der Waals surface area contributed by atoms with Crippen molar-refractivity contribution in [2.75, 3.05) is 13.1 Å². The molecule has 1 aromatic heterocycles. The maximum Gasteiger partial charge on any atom is 0.188 e. The molecule has 1 aliphatic carbocycles. The van der Waals surface area contributed by atoms with Gasteiger partial charge in [0.15, 0.2) is 5.96 Å². The van der Waals surface area contributed by atoms with E-state index in [1.807, 2.05) is 12.3 Å². The Morgan fingerprint density at radius 1 is 1.50 bits per heavy atom. The molecule has 1 unspecified atom stereocenters. The van der Waals surface area contributed by atoms with Crippen LogP contribution in [-0.4, -0.2) is 24.0 Å². The van der Waals surface area contributed by atoms with Gasteiger partial charge in [-0.1, -0.05) is 26.3 Å². The maximum absolute atomic E-state index is 5.95. The molecule has 1 atom stereocenters. The molecule has 0 radical (unpaired) electrons. The summed E-state index contributed by atoms with van der Waals surface area (Å²) in [6.07, 6.45) is 7.74. The second kappa shape index (κ2) is 7.27. The summed E-state index contributed by atoms with van der Waals surface area (Å²) in [6, 6.07) is 4.10. The molecule has 20 heavy (non-hydrogen) atoms. The number of guanidine groups is 1. The number of nitrogens with zero attached hydrogens (tertiary/aromatic N) is 2. The van der Waals surface area contributed by atoms with Crippen LogP contribution in [0.25, 0.3) is 0 Å². The minimum Gasteiger partial charge on any atom is -0.370 e. The maximum atomic E-state index is 5.95. The fourth-order valence-corrected chi connectivity index (χ4v) is 2.49. The fourth-order valence-electron chi connectivity index (χ4n) is 2.49. The van der Waals surface area contributed by atoms with Crippen molar-refractivity contribution in [3.8, 4) is 0 Å². The molecular weight excluding hydrogens is 248 g/mol. The largest absolute Gasteiger partial charge is 0.370 e. The van der Waals surface area contributed by atoms with E-state index in [0.29, 0.717) is 24.3 Å². The van der Waals surface area contributed by atoms with Crippen LogP contribution in [0.3, 0.4) is 0 Å². The van der Waals surface area contributed by atoms with Crippen LogP contribution in [0.2, 0.25) is 0 Å². The predicted molar refractivity (Wildman–Crippen MR) is 83.6 cm³/mol. The van der Waals surface area contributed by atoms with Crippen LogP contribution in [0.4, 0.5) is 0 Å². The minimum atomic E-state index is 0.368. The summed E-state index contributed by atoms with van der Waals surface area (Å²) < 4.78 is 0. The summed E-state index contributed by atoms with van der Waals surface area (Å²) in [5.41, 5.74) is 7.18. The number of aromatic nitrogens is 1. The molecule has 1 aliphatic rings.